The van der Waals surface area contributed by atoms with Crippen molar-refractivity contribution in [1.82, 2.24) is 0 Å². The summed E-state index contributed by atoms with van der Waals surface area (Å²) in [6, 6.07) is 0. The van der Waals surface area contributed by atoms with E-state index in [4.69, 9.17) is 32.3 Å². The minimum absolute atomic E-state index is 0.129. The van der Waals surface area contributed by atoms with Gasteiger partial charge >= 0.3 is 0 Å². The summed E-state index contributed by atoms with van der Waals surface area (Å²) in [5, 5.41) is 27.4. The van der Waals surface area contributed by atoms with E-state index in [2.05, 4.69) is 0 Å². The van der Waals surface area contributed by atoms with Crippen LogP contribution < -0.4 is 10.9 Å². The maximum absolute atomic E-state index is 9.20. The molecule has 1 aromatic rings. The molecule has 4 radical (unpaired) electrons. The fourth-order valence-electron chi connectivity index (χ4n) is 0.894. The monoisotopic (exact) mass is 170 g/mol. The van der Waals surface area contributed by atoms with Gasteiger partial charge in [0, 0.05) is 0 Å². The normalized spacial score (nSPS) is 9.46. The molecular formula is C8H4B2O3. The summed E-state index contributed by atoms with van der Waals surface area (Å²) in [5.74, 6) is -0.0367. The van der Waals surface area contributed by atoms with Gasteiger partial charge in [0.15, 0.2) is 11.5 Å². The molecular weight excluding hydrogens is 166 g/mol. The van der Waals surface area contributed by atoms with Crippen molar-refractivity contribution in [2.75, 3.05) is 0 Å². The van der Waals surface area contributed by atoms with Gasteiger partial charge in [-0.15, -0.1) is 6.42 Å². The molecule has 1 rings (SSSR count). The summed E-state index contributed by atoms with van der Waals surface area (Å²) in [6.45, 7) is 0. The van der Waals surface area contributed by atoms with Crippen LogP contribution in [0.5, 0.6) is 17.2 Å². The third kappa shape index (κ3) is 1.20. The largest absolute Gasteiger partial charge is 0.505 e. The molecule has 0 fully saturated rings. The molecule has 0 bridgehead atoms. The Morgan fingerprint density at radius 2 is 1.46 bits per heavy atom. The zero-order valence-corrected chi connectivity index (χ0v) is 6.57. The molecule has 0 aliphatic carbocycles. The Hall–Kier alpha value is -1.69. The zero-order chi connectivity index (χ0) is 10.2. The van der Waals surface area contributed by atoms with Gasteiger partial charge < -0.3 is 15.3 Å². The lowest BCUT2D eigenvalue weighted by atomic mass is 9.76. The average molecular weight is 170 g/mol. The van der Waals surface area contributed by atoms with Gasteiger partial charge in [0.25, 0.3) is 0 Å². The van der Waals surface area contributed by atoms with Gasteiger partial charge in [0.1, 0.15) is 15.7 Å². The molecule has 0 saturated carbocycles. The molecule has 5 heteroatoms. The van der Waals surface area contributed by atoms with Crippen molar-refractivity contribution >= 4 is 26.6 Å². The first-order valence-corrected chi connectivity index (χ1v) is 3.29. The third-order valence-electron chi connectivity index (χ3n) is 1.64. The van der Waals surface area contributed by atoms with Crippen molar-refractivity contribution in [2.24, 2.45) is 0 Å². The fourth-order valence-corrected chi connectivity index (χ4v) is 0.894. The molecule has 0 saturated heterocycles. The van der Waals surface area contributed by atoms with Gasteiger partial charge in [-0.2, -0.15) is 0 Å². The van der Waals surface area contributed by atoms with E-state index >= 15 is 0 Å². The molecule has 0 atom stereocenters. The maximum Gasteiger partial charge on any atom is 0.200 e. The van der Waals surface area contributed by atoms with Crippen LogP contribution in [0, 0.1) is 12.3 Å². The SMILES string of the molecule is [B]c1c([B])c(C#C)c(O)c(O)c1O. The van der Waals surface area contributed by atoms with Crippen molar-refractivity contribution < 1.29 is 15.3 Å². The summed E-state index contributed by atoms with van der Waals surface area (Å²) in [4.78, 5) is 0. The van der Waals surface area contributed by atoms with Crippen LogP contribution in [0.25, 0.3) is 0 Å². The lowest BCUT2D eigenvalue weighted by Gasteiger charge is -2.11. The average Bonchev–Trinajstić information content (AvgIpc) is 2.13. The minimum Gasteiger partial charge on any atom is -0.505 e. The highest BCUT2D eigenvalue weighted by Crippen LogP contribution is 2.33. The molecule has 0 heterocycles. The van der Waals surface area contributed by atoms with E-state index in [1.807, 2.05) is 5.92 Å². The summed E-state index contributed by atoms with van der Waals surface area (Å²) < 4.78 is 0. The highest BCUT2D eigenvalue weighted by Gasteiger charge is 2.15. The van der Waals surface area contributed by atoms with Crippen molar-refractivity contribution in [3.63, 3.8) is 0 Å². The van der Waals surface area contributed by atoms with Crippen LogP contribution >= 0.6 is 0 Å². The van der Waals surface area contributed by atoms with E-state index in [1.165, 1.54) is 0 Å². The van der Waals surface area contributed by atoms with E-state index in [1.54, 1.807) is 0 Å². The summed E-state index contributed by atoms with van der Waals surface area (Å²) in [5.41, 5.74) is -0.508. The van der Waals surface area contributed by atoms with Crippen LogP contribution in [0.3, 0.4) is 0 Å². The minimum atomic E-state index is -0.764. The Bertz CT molecular complexity index is 378. The van der Waals surface area contributed by atoms with Crippen molar-refractivity contribution in [3.05, 3.63) is 5.56 Å². The summed E-state index contributed by atoms with van der Waals surface area (Å²) in [7, 11) is 10.7. The second-order valence-electron chi connectivity index (χ2n) is 2.39. The van der Waals surface area contributed by atoms with E-state index in [0.717, 1.165) is 0 Å². The molecule has 0 aromatic heterocycles. The number of terminal acetylenes is 1. The van der Waals surface area contributed by atoms with Crippen molar-refractivity contribution in [1.29, 1.82) is 0 Å². The fraction of sp³-hybridized carbons (Fsp3) is 0. The van der Waals surface area contributed by atoms with E-state index in [9.17, 15) is 5.11 Å². The Morgan fingerprint density at radius 1 is 0.923 bits per heavy atom. The summed E-state index contributed by atoms with van der Waals surface area (Å²) >= 11 is 0. The molecule has 0 unspecified atom stereocenters. The van der Waals surface area contributed by atoms with Gasteiger partial charge in [-0.05, 0) is 0 Å². The summed E-state index contributed by atoms with van der Waals surface area (Å²) in [6.07, 6.45) is 5.00. The third-order valence-corrected chi connectivity index (χ3v) is 1.64. The molecule has 60 valence electrons. The molecule has 0 amide bonds. The lowest BCUT2D eigenvalue weighted by Crippen LogP contribution is -2.28. The number of phenolic OH excluding ortho intramolecular Hbond substituents is 3. The second-order valence-corrected chi connectivity index (χ2v) is 2.39. The van der Waals surface area contributed by atoms with Crippen molar-refractivity contribution in [2.45, 2.75) is 0 Å². The first-order chi connectivity index (χ1) is 6.00. The highest BCUT2D eigenvalue weighted by molar-refractivity contribution is 6.51. The molecule has 1 aromatic carbocycles. The van der Waals surface area contributed by atoms with Crippen LogP contribution in [0.2, 0.25) is 0 Å². The number of hydrogen-bond donors (Lipinski definition) is 3. The second kappa shape index (κ2) is 2.98. The topological polar surface area (TPSA) is 60.7 Å². The first-order valence-electron chi connectivity index (χ1n) is 3.29. The van der Waals surface area contributed by atoms with Gasteiger partial charge in [-0.25, -0.2) is 0 Å². The Morgan fingerprint density at radius 3 is 1.92 bits per heavy atom. The number of phenols is 3. The van der Waals surface area contributed by atoms with Crippen LogP contribution in [-0.2, 0) is 0 Å². The Kier molecular flexibility index (Phi) is 2.16. The van der Waals surface area contributed by atoms with Crippen LogP contribution in [0.1, 0.15) is 5.56 Å². The first kappa shape index (κ1) is 9.40. The predicted octanol–water partition coefficient (Wildman–Crippen LogP) is -1.63. The molecule has 13 heavy (non-hydrogen) atoms. The van der Waals surface area contributed by atoms with Gasteiger partial charge in [0.2, 0.25) is 5.75 Å². The quantitative estimate of drug-likeness (QED) is 0.249. The number of benzene rings is 1. The van der Waals surface area contributed by atoms with Crippen molar-refractivity contribution in [3.8, 4) is 29.6 Å². The van der Waals surface area contributed by atoms with E-state index < -0.39 is 17.2 Å². The van der Waals surface area contributed by atoms with Crippen LogP contribution in [0.15, 0.2) is 0 Å². The van der Waals surface area contributed by atoms with E-state index in [-0.39, 0.29) is 16.5 Å². The van der Waals surface area contributed by atoms with Gasteiger partial charge in [-0.3, -0.25) is 0 Å². The molecule has 0 aliphatic rings. The molecule has 3 nitrogen and oxygen atoms in total. The zero-order valence-electron chi connectivity index (χ0n) is 6.57. The Labute approximate surface area is 77.8 Å². The van der Waals surface area contributed by atoms with E-state index in [0.29, 0.717) is 0 Å². The maximum atomic E-state index is 9.20. The van der Waals surface area contributed by atoms with Crippen LogP contribution in [-0.4, -0.2) is 31.0 Å². The Balaban J connectivity index is 3.69. The standard InChI is InChI=1S/C8H4B2O3/c1-2-3-4(9)5(10)7(12)8(13)6(3)11/h1,11-13H. The lowest BCUT2D eigenvalue weighted by molar-refractivity contribution is 0.370. The molecule has 3 N–H and O–H groups in total. The van der Waals surface area contributed by atoms with Crippen LogP contribution in [0.4, 0.5) is 0 Å². The van der Waals surface area contributed by atoms with Gasteiger partial charge in [0.05, 0.1) is 5.56 Å². The number of hydrogen-bond acceptors (Lipinski definition) is 3. The molecule has 0 spiro atoms. The number of rotatable bonds is 0. The smallest absolute Gasteiger partial charge is 0.200 e. The highest BCUT2D eigenvalue weighted by atomic mass is 16.3. The molecule has 0 aliphatic heterocycles. The predicted molar refractivity (Wildman–Crippen MR) is 50.1 cm³/mol. The number of aromatic hydroxyl groups is 3. The van der Waals surface area contributed by atoms with Gasteiger partial charge in [-0.1, -0.05) is 16.8 Å².